The van der Waals surface area contributed by atoms with Crippen LogP contribution in [0.1, 0.15) is 0 Å². The second-order valence-corrected chi connectivity index (χ2v) is 11.7. The van der Waals surface area contributed by atoms with Gasteiger partial charge in [-0.15, -0.1) is 0 Å². The fourth-order valence-electron chi connectivity index (χ4n) is 6.85. The van der Waals surface area contributed by atoms with Gasteiger partial charge in [0.1, 0.15) is 11.2 Å². The van der Waals surface area contributed by atoms with Gasteiger partial charge in [0.15, 0.2) is 0 Å². The van der Waals surface area contributed by atoms with Gasteiger partial charge in [-0.1, -0.05) is 133 Å². The molecule has 0 amide bonds. The van der Waals surface area contributed by atoms with Gasteiger partial charge in [-0.3, -0.25) is 0 Å². The zero-order valence-corrected chi connectivity index (χ0v) is 25.1. The Balaban J connectivity index is 1.27. The highest BCUT2D eigenvalue weighted by Gasteiger charge is 2.20. The van der Waals surface area contributed by atoms with Crippen molar-refractivity contribution in [3.63, 3.8) is 0 Å². The maximum atomic E-state index is 6.50. The lowest BCUT2D eigenvalue weighted by Crippen LogP contribution is -2.11. The van der Waals surface area contributed by atoms with Crippen molar-refractivity contribution < 1.29 is 4.42 Å². The van der Waals surface area contributed by atoms with Crippen molar-refractivity contribution >= 4 is 60.5 Å². The third-order valence-electron chi connectivity index (χ3n) is 9.06. The van der Waals surface area contributed by atoms with Gasteiger partial charge >= 0.3 is 0 Å². The molecule has 9 aromatic rings. The molecule has 8 aromatic carbocycles. The molecule has 0 N–H and O–H groups in total. The largest absolute Gasteiger partial charge is 0.455 e. The highest BCUT2D eigenvalue weighted by atomic mass is 16.3. The number of rotatable bonds is 5. The summed E-state index contributed by atoms with van der Waals surface area (Å²) >= 11 is 0. The summed E-state index contributed by atoms with van der Waals surface area (Å²) in [7, 11) is 0. The summed E-state index contributed by atoms with van der Waals surface area (Å²) < 4.78 is 6.50. The van der Waals surface area contributed by atoms with Crippen molar-refractivity contribution in [3.05, 3.63) is 176 Å². The number of benzene rings is 8. The highest BCUT2D eigenvalue weighted by molar-refractivity contribution is 6.15. The minimum atomic E-state index is 0.886. The Kier molecular flexibility index (Phi) is 6.17. The summed E-state index contributed by atoms with van der Waals surface area (Å²) in [6, 6.07) is 62.7. The van der Waals surface area contributed by atoms with E-state index in [9.17, 15) is 0 Å². The number of fused-ring (bicyclic) bond motifs is 6. The number of hydrogen-bond acceptors (Lipinski definition) is 2. The Hall–Kier alpha value is -6.12. The molecule has 0 saturated carbocycles. The van der Waals surface area contributed by atoms with E-state index in [1.54, 1.807) is 0 Å². The third kappa shape index (κ3) is 4.35. The van der Waals surface area contributed by atoms with E-state index >= 15 is 0 Å². The third-order valence-corrected chi connectivity index (χ3v) is 9.06. The Morgan fingerprint density at radius 3 is 1.85 bits per heavy atom. The van der Waals surface area contributed by atoms with Crippen LogP contribution in [0.3, 0.4) is 0 Å². The first-order valence-electron chi connectivity index (χ1n) is 15.7. The van der Waals surface area contributed by atoms with Gasteiger partial charge < -0.3 is 9.32 Å². The van der Waals surface area contributed by atoms with Crippen LogP contribution in [0.5, 0.6) is 0 Å². The van der Waals surface area contributed by atoms with Crippen molar-refractivity contribution in [2.45, 2.75) is 0 Å². The first-order valence-corrected chi connectivity index (χ1v) is 15.7. The van der Waals surface area contributed by atoms with E-state index in [1.807, 2.05) is 0 Å². The molecule has 0 aliphatic carbocycles. The maximum Gasteiger partial charge on any atom is 0.143 e. The van der Waals surface area contributed by atoms with E-state index in [0.29, 0.717) is 0 Å². The van der Waals surface area contributed by atoms with Crippen LogP contribution in [0.15, 0.2) is 180 Å². The fourth-order valence-corrected chi connectivity index (χ4v) is 6.85. The molecular formula is C44H29NO. The fraction of sp³-hybridized carbons (Fsp3) is 0. The number of para-hydroxylation sites is 1. The van der Waals surface area contributed by atoms with Crippen LogP contribution in [-0.2, 0) is 0 Å². The quantitative estimate of drug-likeness (QED) is 0.199. The summed E-state index contributed by atoms with van der Waals surface area (Å²) in [5, 5.41) is 7.00. The number of hydrogen-bond donors (Lipinski definition) is 0. The van der Waals surface area contributed by atoms with Crippen LogP contribution in [0, 0.1) is 0 Å². The first kappa shape index (κ1) is 26.3. The van der Waals surface area contributed by atoms with Crippen molar-refractivity contribution in [1.82, 2.24) is 0 Å². The van der Waals surface area contributed by atoms with Gasteiger partial charge in [0.05, 0.1) is 5.69 Å². The number of nitrogens with zero attached hydrogens (tertiary/aromatic N) is 1. The average Bonchev–Trinajstić information content (AvgIpc) is 3.51. The molecule has 0 aliphatic rings. The Bertz CT molecular complexity index is 2520. The Morgan fingerprint density at radius 1 is 0.370 bits per heavy atom. The molecule has 2 heteroatoms. The summed E-state index contributed by atoms with van der Waals surface area (Å²) in [5.41, 5.74) is 9.87. The van der Waals surface area contributed by atoms with E-state index in [2.05, 4.69) is 181 Å². The molecule has 0 bridgehead atoms. The second kappa shape index (κ2) is 10.8. The van der Waals surface area contributed by atoms with Gasteiger partial charge in [0.25, 0.3) is 0 Å². The monoisotopic (exact) mass is 587 g/mol. The molecule has 0 saturated heterocycles. The molecule has 216 valence electrons. The smallest absolute Gasteiger partial charge is 0.143 e. The highest BCUT2D eigenvalue weighted by Crippen LogP contribution is 2.45. The van der Waals surface area contributed by atoms with E-state index in [-0.39, 0.29) is 0 Å². The first-order chi connectivity index (χ1) is 22.8. The molecule has 1 aromatic heterocycles. The normalized spacial score (nSPS) is 11.5. The minimum absolute atomic E-state index is 0.886. The minimum Gasteiger partial charge on any atom is -0.455 e. The topological polar surface area (TPSA) is 16.4 Å². The molecule has 2 nitrogen and oxygen atoms in total. The lowest BCUT2D eigenvalue weighted by Gasteiger charge is -2.28. The van der Waals surface area contributed by atoms with Crippen molar-refractivity contribution in [2.24, 2.45) is 0 Å². The molecular weight excluding hydrogens is 558 g/mol. The van der Waals surface area contributed by atoms with E-state index in [1.165, 1.54) is 38.4 Å². The number of anilines is 3. The average molecular weight is 588 g/mol. The number of furan rings is 1. The second-order valence-electron chi connectivity index (χ2n) is 11.7. The molecule has 1 heterocycles. The van der Waals surface area contributed by atoms with E-state index < -0.39 is 0 Å². The molecule has 9 rings (SSSR count). The Labute approximate surface area is 267 Å². The summed E-state index contributed by atoms with van der Waals surface area (Å²) in [6.07, 6.45) is 0. The molecule has 0 radical (unpaired) electrons. The van der Waals surface area contributed by atoms with Gasteiger partial charge in [0, 0.05) is 33.1 Å². The summed E-state index contributed by atoms with van der Waals surface area (Å²) in [6.45, 7) is 0. The van der Waals surface area contributed by atoms with Gasteiger partial charge in [-0.2, -0.15) is 0 Å². The van der Waals surface area contributed by atoms with E-state index in [4.69, 9.17) is 4.42 Å². The molecule has 46 heavy (non-hydrogen) atoms. The van der Waals surface area contributed by atoms with Crippen LogP contribution in [0.4, 0.5) is 17.1 Å². The van der Waals surface area contributed by atoms with Crippen LogP contribution in [0.2, 0.25) is 0 Å². The van der Waals surface area contributed by atoms with Crippen LogP contribution >= 0.6 is 0 Å². The maximum absolute atomic E-state index is 6.50. The van der Waals surface area contributed by atoms with E-state index in [0.717, 1.165) is 44.4 Å². The van der Waals surface area contributed by atoms with Crippen LogP contribution in [0.25, 0.3) is 65.7 Å². The van der Waals surface area contributed by atoms with Crippen molar-refractivity contribution in [1.29, 1.82) is 0 Å². The predicted molar refractivity (Wildman–Crippen MR) is 194 cm³/mol. The zero-order valence-electron chi connectivity index (χ0n) is 25.1. The zero-order chi connectivity index (χ0) is 30.5. The van der Waals surface area contributed by atoms with Crippen LogP contribution < -0.4 is 4.90 Å². The molecule has 0 spiro atoms. The lowest BCUT2D eigenvalue weighted by atomic mass is 9.96. The summed E-state index contributed by atoms with van der Waals surface area (Å²) in [4.78, 5) is 2.38. The lowest BCUT2D eigenvalue weighted by molar-refractivity contribution is 0.672. The molecule has 0 aliphatic heterocycles. The summed E-state index contributed by atoms with van der Waals surface area (Å²) in [5.74, 6) is 0. The van der Waals surface area contributed by atoms with Gasteiger partial charge in [0.2, 0.25) is 0 Å². The van der Waals surface area contributed by atoms with Crippen molar-refractivity contribution in [3.8, 4) is 22.3 Å². The van der Waals surface area contributed by atoms with Crippen molar-refractivity contribution in [2.75, 3.05) is 4.90 Å². The molecule has 0 unspecified atom stereocenters. The standard InChI is InChI=1S/C44H29NO/c1-2-11-30(12-3-1)31-21-24-34(25-22-31)45(42-20-9-8-18-39(42)38-19-10-15-32-13-4-6-16-36(32)38)35-26-28-43-41(29-35)40-27-23-33-14-5-7-17-37(33)44(40)46-43/h1-29H. The Morgan fingerprint density at radius 2 is 1.00 bits per heavy atom. The van der Waals surface area contributed by atoms with Gasteiger partial charge in [-0.05, 0) is 75.3 Å². The predicted octanol–water partition coefficient (Wildman–Crippen LogP) is 12.7. The SMILES string of the molecule is c1ccc(-c2ccc(N(c3ccc4oc5c6ccccc6ccc5c4c3)c3ccccc3-c3cccc4ccccc34)cc2)cc1. The molecule has 0 fully saturated rings. The molecule has 0 atom stereocenters. The van der Waals surface area contributed by atoms with Crippen LogP contribution in [-0.4, -0.2) is 0 Å². The van der Waals surface area contributed by atoms with Gasteiger partial charge in [-0.25, -0.2) is 0 Å².